The van der Waals surface area contributed by atoms with Gasteiger partial charge in [-0.1, -0.05) is 6.07 Å². The second kappa shape index (κ2) is 5.56. The number of aliphatic hydroxyl groups is 1. The highest BCUT2D eigenvalue weighted by Gasteiger charge is 2.26. The predicted molar refractivity (Wildman–Crippen MR) is 68.9 cm³/mol. The van der Waals surface area contributed by atoms with Gasteiger partial charge >= 0.3 is 0 Å². The van der Waals surface area contributed by atoms with Crippen LogP contribution in [0.3, 0.4) is 0 Å². The lowest BCUT2D eigenvalue weighted by molar-refractivity contribution is 0.0369. The van der Waals surface area contributed by atoms with E-state index < -0.39 is 6.10 Å². The van der Waals surface area contributed by atoms with E-state index in [1.165, 1.54) is 0 Å². The zero-order chi connectivity index (χ0) is 13.1. The molecule has 1 unspecified atom stereocenters. The number of likely N-dealkylation sites (N-methyl/N-ethyl adjacent to an activating group) is 1. The number of hydrogen-bond acceptors (Lipinski definition) is 5. The average molecular weight is 252 g/mol. The van der Waals surface area contributed by atoms with Gasteiger partial charge in [0, 0.05) is 19.6 Å². The number of nitrogens with zero attached hydrogens (tertiary/aromatic N) is 1. The molecule has 0 saturated carbocycles. The van der Waals surface area contributed by atoms with Crippen molar-refractivity contribution in [1.29, 1.82) is 0 Å². The molecule has 1 aliphatic rings. The number of aliphatic hydroxyl groups excluding tert-OH is 1. The van der Waals surface area contributed by atoms with Crippen LogP contribution in [0.5, 0.6) is 11.5 Å². The van der Waals surface area contributed by atoms with Gasteiger partial charge in [-0.3, -0.25) is 4.90 Å². The van der Waals surface area contributed by atoms with E-state index in [2.05, 4.69) is 11.9 Å². The molecule has 0 aliphatic carbocycles. The van der Waals surface area contributed by atoms with Crippen molar-refractivity contribution in [2.75, 3.05) is 33.8 Å². The summed E-state index contributed by atoms with van der Waals surface area (Å²) < 4.78 is 11.1. The van der Waals surface area contributed by atoms with Gasteiger partial charge in [0.15, 0.2) is 11.5 Å². The number of benzene rings is 1. The Bertz CT molecular complexity index is 405. The van der Waals surface area contributed by atoms with Gasteiger partial charge in [-0.15, -0.1) is 0 Å². The molecule has 0 spiro atoms. The molecule has 0 aromatic heterocycles. The van der Waals surface area contributed by atoms with Crippen molar-refractivity contribution in [3.05, 3.63) is 23.8 Å². The largest absolute Gasteiger partial charge is 0.493 e. The van der Waals surface area contributed by atoms with Gasteiger partial charge in [0.25, 0.3) is 0 Å². The molecule has 1 atom stereocenters. The van der Waals surface area contributed by atoms with Crippen LogP contribution in [0.15, 0.2) is 18.2 Å². The van der Waals surface area contributed by atoms with Crippen molar-refractivity contribution in [3.8, 4) is 11.5 Å². The van der Waals surface area contributed by atoms with Gasteiger partial charge in [-0.25, -0.2) is 0 Å². The molecule has 18 heavy (non-hydrogen) atoms. The first-order chi connectivity index (χ1) is 8.63. The van der Waals surface area contributed by atoms with Crippen LogP contribution in [-0.4, -0.2) is 49.9 Å². The summed E-state index contributed by atoms with van der Waals surface area (Å²) in [6.07, 6.45) is -0.447. The van der Waals surface area contributed by atoms with Crippen LogP contribution in [0.1, 0.15) is 11.7 Å². The molecule has 1 aromatic carbocycles. The Morgan fingerprint density at radius 3 is 2.72 bits per heavy atom. The third-order valence-corrected chi connectivity index (χ3v) is 3.12. The maximum atomic E-state index is 9.69. The second-order valence-corrected chi connectivity index (χ2v) is 4.62. The van der Waals surface area contributed by atoms with Gasteiger partial charge in [-0.05, 0) is 24.7 Å². The van der Waals surface area contributed by atoms with Crippen molar-refractivity contribution in [3.63, 3.8) is 0 Å². The molecule has 0 radical (unpaired) electrons. The summed E-state index contributed by atoms with van der Waals surface area (Å²) in [7, 11) is 3.64. The maximum Gasteiger partial charge on any atom is 0.161 e. The van der Waals surface area contributed by atoms with Gasteiger partial charge in [0.05, 0.1) is 13.2 Å². The highest BCUT2D eigenvalue weighted by Crippen LogP contribution is 2.31. The van der Waals surface area contributed by atoms with Gasteiger partial charge in [0.1, 0.15) is 6.10 Å². The lowest BCUT2D eigenvalue weighted by Gasteiger charge is -2.36. The molecule has 3 N–H and O–H groups in total. The minimum atomic E-state index is -0.664. The molecule has 1 saturated heterocycles. The summed E-state index contributed by atoms with van der Waals surface area (Å²) in [5, 5.41) is 9.69. The monoisotopic (exact) mass is 252 g/mol. The summed E-state index contributed by atoms with van der Waals surface area (Å²) in [6, 6.07) is 5.42. The average Bonchev–Trinajstić information content (AvgIpc) is 2.36. The van der Waals surface area contributed by atoms with E-state index in [1.54, 1.807) is 13.2 Å². The zero-order valence-electron chi connectivity index (χ0n) is 10.8. The minimum absolute atomic E-state index is 0.191. The molecular weight excluding hydrogens is 232 g/mol. The standard InChI is InChI=1S/C13H20N2O3/c1-15-7-10(8-15)18-12-4-3-9(11(16)6-14)5-13(12)17-2/h3-5,10-11,16H,6-8,14H2,1-2H3. The topological polar surface area (TPSA) is 68.0 Å². The number of hydrogen-bond donors (Lipinski definition) is 2. The van der Waals surface area contributed by atoms with Gasteiger partial charge in [0.2, 0.25) is 0 Å². The van der Waals surface area contributed by atoms with Gasteiger partial charge < -0.3 is 20.3 Å². The number of likely N-dealkylation sites (tertiary alicyclic amines) is 1. The normalized spacial score (nSPS) is 18.2. The molecule has 5 heteroatoms. The van der Waals surface area contributed by atoms with Crippen molar-refractivity contribution >= 4 is 0 Å². The van der Waals surface area contributed by atoms with Crippen LogP contribution in [-0.2, 0) is 0 Å². The Morgan fingerprint density at radius 1 is 1.44 bits per heavy atom. The van der Waals surface area contributed by atoms with Crippen LogP contribution in [0.25, 0.3) is 0 Å². The van der Waals surface area contributed by atoms with E-state index in [4.69, 9.17) is 15.2 Å². The number of methoxy groups -OCH3 is 1. The summed E-state index contributed by atoms with van der Waals surface area (Å²) in [6.45, 7) is 2.05. The predicted octanol–water partition coefficient (Wildman–Crippen LogP) is 0.380. The lowest BCUT2D eigenvalue weighted by Crippen LogP contribution is -2.51. The van der Waals surface area contributed by atoms with Crippen LogP contribution < -0.4 is 15.2 Å². The Hall–Kier alpha value is -1.30. The number of rotatable bonds is 5. The Kier molecular flexibility index (Phi) is 4.06. The molecule has 2 rings (SSSR count). The third kappa shape index (κ3) is 2.75. The third-order valence-electron chi connectivity index (χ3n) is 3.12. The molecule has 1 aliphatic heterocycles. The summed E-state index contributed by atoms with van der Waals surface area (Å²) in [4.78, 5) is 2.18. The lowest BCUT2D eigenvalue weighted by atomic mass is 10.1. The van der Waals surface area contributed by atoms with E-state index in [1.807, 2.05) is 12.1 Å². The fourth-order valence-corrected chi connectivity index (χ4v) is 2.02. The quantitative estimate of drug-likeness (QED) is 0.793. The number of nitrogens with two attached hydrogens (primary N) is 1. The molecular formula is C13H20N2O3. The summed E-state index contributed by atoms with van der Waals surface area (Å²) >= 11 is 0. The van der Waals surface area contributed by atoms with Crippen molar-refractivity contribution < 1.29 is 14.6 Å². The number of ether oxygens (including phenoxy) is 2. The first-order valence-corrected chi connectivity index (χ1v) is 6.05. The zero-order valence-corrected chi connectivity index (χ0v) is 10.8. The molecule has 1 aromatic rings. The molecule has 5 nitrogen and oxygen atoms in total. The SMILES string of the molecule is COc1cc(C(O)CN)ccc1OC1CN(C)C1. The Balaban J connectivity index is 2.10. The second-order valence-electron chi connectivity index (χ2n) is 4.62. The molecule has 0 bridgehead atoms. The Labute approximate surface area is 107 Å². The van der Waals surface area contributed by atoms with E-state index in [0.717, 1.165) is 18.7 Å². The van der Waals surface area contributed by atoms with E-state index in [-0.39, 0.29) is 12.6 Å². The van der Waals surface area contributed by atoms with Crippen molar-refractivity contribution in [2.45, 2.75) is 12.2 Å². The van der Waals surface area contributed by atoms with Crippen LogP contribution >= 0.6 is 0 Å². The van der Waals surface area contributed by atoms with Crippen LogP contribution in [0.4, 0.5) is 0 Å². The van der Waals surface area contributed by atoms with Crippen LogP contribution in [0.2, 0.25) is 0 Å². The fourth-order valence-electron chi connectivity index (χ4n) is 2.02. The highest BCUT2D eigenvalue weighted by atomic mass is 16.5. The molecule has 100 valence electrons. The maximum absolute atomic E-state index is 9.69. The van der Waals surface area contributed by atoms with E-state index >= 15 is 0 Å². The van der Waals surface area contributed by atoms with Gasteiger partial charge in [-0.2, -0.15) is 0 Å². The molecule has 1 fully saturated rings. The molecule has 1 heterocycles. The first-order valence-electron chi connectivity index (χ1n) is 6.05. The summed E-state index contributed by atoms with van der Waals surface area (Å²) in [5.41, 5.74) is 6.18. The van der Waals surface area contributed by atoms with E-state index in [9.17, 15) is 5.11 Å². The summed E-state index contributed by atoms with van der Waals surface area (Å²) in [5.74, 6) is 1.35. The molecule has 0 amide bonds. The van der Waals surface area contributed by atoms with E-state index in [0.29, 0.717) is 11.5 Å². The van der Waals surface area contributed by atoms with Crippen LogP contribution in [0, 0.1) is 0 Å². The minimum Gasteiger partial charge on any atom is -0.493 e. The first kappa shape index (κ1) is 13.1. The smallest absolute Gasteiger partial charge is 0.161 e. The van der Waals surface area contributed by atoms with Crippen molar-refractivity contribution in [2.24, 2.45) is 5.73 Å². The fraction of sp³-hybridized carbons (Fsp3) is 0.538. The van der Waals surface area contributed by atoms with Crippen molar-refractivity contribution in [1.82, 2.24) is 4.90 Å². The Morgan fingerprint density at radius 2 is 2.17 bits per heavy atom. The highest BCUT2D eigenvalue weighted by molar-refractivity contribution is 5.43.